The Labute approximate surface area is 78.4 Å². The SMILES string of the molecule is CON[C@@H]1C[C@@H]2C3[C@@H](C32C)[C@]1(C)O. The van der Waals surface area contributed by atoms with Crippen molar-refractivity contribution in [3.05, 3.63) is 0 Å². The zero-order valence-corrected chi connectivity index (χ0v) is 8.37. The summed E-state index contributed by atoms with van der Waals surface area (Å²) in [6.45, 7) is 4.26. The standard InChI is InChI=1S/C10H17NO2/c1-9-5-4-6(11-13-3)10(2,12)8(9)7(5)9/h5-8,11-12H,4H2,1-3H3/t5-,6-,7?,8+,9?,10-/m1/s1. The monoisotopic (exact) mass is 183 g/mol. The molecule has 6 atom stereocenters. The molecule has 4 fully saturated rings. The second kappa shape index (κ2) is 1.95. The highest BCUT2D eigenvalue weighted by atomic mass is 16.6. The zero-order valence-electron chi connectivity index (χ0n) is 8.37. The van der Waals surface area contributed by atoms with Crippen LogP contribution >= 0.6 is 0 Å². The van der Waals surface area contributed by atoms with Crippen LogP contribution in [0.2, 0.25) is 0 Å². The maximum Gasteiger partial charge on any atom is 0.0831 e. The molecule has 2 unspecified atom stereocenters. The predicted molar refractivity (Wildman–Crippen MR) is 47.8 cm³/mol. The van der Waals surface area contributed by atoms with Crippen LogP contribution in [0.1, 0.15) is 20.3 Å². The summed E-state index contributed by atoms with van der Waals surface area (Å²) in [7, 11) is 1.62. The number of hydrogen-bond acceptors (Lipinski definition) is 3. The highest BCUT2D eigenvalue weighted by Crippen LogP contribution is 2.90. The summed E-state index contributed by atoms with van der Waals surface area (Å²) in [5.74, 6) is 2.19. The summed E-state index contributed by atoms with van der Waals surface area (Å²) in [5, 5.41) is 10.3. The quantitative estimate of drug-likeness (QED) is 0.614. The molecule has 0 aromatic carbocycles. The largest absolute Gasteiger partial charge is 0.388 e. The number of nitrogens with one attached hydrogen (secondary N) is 1. The third-order valence-electron chi connectivity index (χ3n) is 4.85. The van der Waals surface area contributed by atoms with Crippen LogP contribution in [0.15, 0.2) is 0 Å². The lowest BCUT2D eigenvalue weighted by atomic mass is 9.70. The Morgan fingerprint density at radius 3 is 2.54 bits per heavy atom. The van der Waals surface area contributed by atoms with Gasteiger partial charge in [0.25, 0.3) is 0 Å². The van der Waals surface area contributed by atoms with Crippen LogP contribution in [-0.4, -0.2) is 23.9 Å². The predicted octanol–water partition coefficient (Wildman–Crippen LogP) is 0.543. The van der Waals surface area contributed by atoms with Crippen LogP contribution in [0.5, 0.6) is 0 Å². The van der Waals surface area contributed by atoms with Gasteiger partial charge in [0.2, 0.25) is 0 Å². The Kier molecular flexibility index (Phi) is 1.23. The van der Waals surface area contributed by atoms with Gasteiger partial charge < -0.3 is 9.94 Å². The number of fused-ring (bicyclic) bond motifs is 2. The van der Waals surface area contributed by atoms with Gasteiger partial charge in [-0.1, -0.05) is 6.92 Å². The summed E-state index contributed by atoms with van der Waals surface area (Å²) in [6.07, 6.45) is 1.07. The van der Waals surface area contributed by atoms with Gasteiger partial charge in [0, 0.05) is 0 Å². The number of aliphatic hydroxyl groups is 1. The van der Waals surface area contributed by atoms with Crippen molar-refractivity contribution < 1.29 is 9.94 Å². The Morgan fingerprint density at radius 1 is 1.46 bits per heavy atom. The number of hydrogen-bond donors (Lipinski definition) is 2. The maximum atomic E-state index is 10.3. The molecule has 0 amide bonds. The fourth-order valence-electron chi connectivity index (χ4n) is 3.98. The third kappa shape index (κ3) is 0.694. The van der Waals surface area contributed by atoms with Crippen molar-refractivity contribution in [2.45, 2.75) is 31.9 Å². The van der Waals surface area contributed by atoms with Crippen LogP contribution in [0.25, 0.3) is 0 Å². The first-order chi connectivity index (χ1) is 6.04. The molecule has 0 aromatic rings. The molecule has 13 heavy (non-hydrogen) atoms. The number of rotatable bonds is 2. The van der Waals surface area contributed by atoms with Crippen LogP contribution in [0, 0.1) is 23.2 Å². The minimum atomic E-state index is -0.565. The molecule has 2 bridgehead atoms. The Bertz CT molecular complexity index is 266. The van der Waals surface area contributed by atoms with Crippen molar-refractivity contribution in [2.24, 2.45) is 23.2 Å². The van der Waals surface area contributed by atoms with E-state index in [1.165, 1.54) is 0 Å². The van der Waals surface area contributed by atoms with Gasteiger partial charge in [-0.15, -0.1) is 0 Å². The molecule has 4 aliphatic rings. The maximum absolute atomic E-state index is 10.3. The van der Waals surface area contributed by atoms with E-state index in [0.29, 0.717) is 11.3 Å². The molecule has 0 aromatic heterocycles. The van der Waals surface area contributed by atoms with E-state index >= 15 is 0 Å². The van der Waals surface area contributed by atoms with Crippen LogP contribution in [-0.2, 0) is 4.84 Å². The lowest BCUT2D eigenvalue weighted by Gasteiger charge is -2.44. The average Bonchev–Trinajstić information content (AvgIpc) is 2.81. The summed E-state index contributed by atoms with van der Waals surface area (Å²) >= 11 is 0. The van der Waals surface area contributed by atoms with Crippen LogP contribution in [0.3, 0.4) is 0 Å². The molecule has 4 saturated carbocycles. The first-order valence-electron chi connectivity index (χ1n) is 5.05. The molecular formula is C10H17NO2. The first-order valence-corrected chi connectivity index (χ1v) is 5.05. The molecule has 3 heteroatoms. The van der Waals surface area contributed by atoms with Gasteiger partial charge in [0.05, 0.1) is 18.8 Å². The minimum absolute atomic E-state index is 0.124. The van der Waals surface area contributed by atoms with Gasteiger partial charge >= 0.3 is 0 Å². The molecule has 0 spiro atoms. The molecule has 0 aliphatic heterocycles. The van der Waals surface area contributed by atoms with Crippen molar-refractivity contribution in [3.8, 4) is 0 Å². The fraction of sp³-hybridized carbons (Fsp3) is 1.00. The van der Waals surface area contributed by atoms with E-state index in [1.807, 2.05) is 6.92 Å². The molecule has 74 valence electrons. The van der Waals surface area contributed by atoms with Gasteiger partial charge in [0.15, 0.2) is 0 Å². The lowest BCUT2D eigenvalue weighted by Crippen LogP contribution is -2.57. The molecule has 2 N–H and O–H groups in total. The van der Waals surface area contributed by atoms with Crippen molar-refractivity contribution in [3.63, 3.8) is 0 Å². The number of hydroxylamine groups is 1. The minimum Gasteiger partial charge on any atom is -0.388 e. The fourth-order valence-corrected chi connectivity index (χ4v) is 3.98. The highest BCUT2D eigenvalue weighted by Gasteiger charge is 2.90. The summed E-state index contributed by atoms with van der Waals surface area (Å²) < 4.78 is 0. The van der Waals surface area contributed by atoms with Crippen LogP contribution < -0.4 is 5.48 Å². The zero-order chi connectivity index (χ0) is 9.43. The van der Waals surface area contributed by atoms with E-state index < -0.39 is 5.60 Å². The molecule has 0 radical (unpaired) electrons. The molecule has 3 nitrogen and oxygen atoms in total. The van der Waals surface area contributed by atoms with Crippen molar-refractivity contribution in [2.75, 3.05) is 7.11 Å². The van der Waals surface area contributed by atoms with Crippen molar-refractivity contribution in [1.82, 2.24) is 5.48 Å². The molecule has 4 rings (SSSR count). The Hall–Kier alpha value is -0.120. The van der Waals surface area contributed by atoms with Gasteiger partial charge in [-0.3, -0.25) is 0 Å². The topological polar surface area (TPSA) is 41.5 Å². The third-order valence-corrected chi connectivity index (χ3v) is 4.85. The molecule has 4 aliphatic carbocycles. The molecular weight excluding hydrogens is 166 g/mol. The molecule has 0 heterocycles. The van der Waals surface area contributed by atoms with Gasteiger partial charge in [-0.05, 0) is 36.5 Å². The van der Waals surface area contributed by atoms with Crippen molar-refractivity contribution in [1.29, 1.82) is 0 Å². The Morgan fingerprint density at radius 2 is 2.08 bits per heavy atom. The average molecular weight is 183 g/mol. The highest BCUT2D eigenvalue weighted by molar-refractivity contribution is 5.37. The summed E-state index contributed by atoms with van der Waals surface area (Å²) in [4.78, 5) is 4.92. The van der Waals surface area contributed by atoms with Crippen molar-refractivity contribution >= 4 is 0 Å². The lowest BCUT2D eigenvalue weighted by molar-refractivity contribution is -0.112. The normalized spacial score (nSPS) is 67.4. The summed E-state index contributed by atoms with van der Waals surface area (Å²) in [5.41, 5.74) is 2.85. The van der Waals surface area contributed by atoms with E-state index in [9.17, 15) is 5.11 Å². The second-order valence-electron chi connectivity index (χ2n) is 5.31. The summed E-state index contributed by atoms with van der Waals surface area (Å²) in [6, 6.07) is 0.124. The second-order valence-corrected chi connectivity index (χ2v) is 5.31. The Balaban J connectivity index is 1.80. The van der Waals surface area contributed by atoms with E-state index in [-0.39, 0.29) is 6.04 Å². The van der Waals surface area contributed by atoms with E-state index in [0.717, 1.165) is 18.3 Å². The van der Waals surface area contributed by atoms with Gasteiger partial charge in [-0.2, -0.15) is 5.48 Å². The van der Waals surface area contributed by atoms with Crippen LogP contribution in [0.4, 0.5) is 0 Å². The van der Waals surface area contributed by atoms with Gasteiger partial charge in [-0.25, -0.2) is 0 Å². The first kappa shape index (κ1) is 8.21. The molecule has 0 saturated heterocycles. The van der Waals surface area contributed by atoms with E-state index in [2.05, 4.69) is 12.4 Å². The smallest absolute Gasteiger partial charge is 0.0831 e. The van der Waals surface area contributed by atoms with E-state index in [4.69, 9.17) is 4.84 Å². The van der Waals surface area contributed by atoms with Gasteiger partial charge in [0.1, 0.15) is 0 Å². The van der Waals surface area contributed by atoms with E-state index in [1.54, 1.807) is 7.11 Å².